The van der Waals surface area contributed by atoms with Gasteiger partial charge >= 0.3 is 0 Å². The summed E-state index contributed by atoms with van der Waals surface area (Å²) in [6, 6.07) is 27.3. The summed E-state index contributed by atoms with van der Waals surface area (Å²) in [6.45, 7) is 0.314. The third-order valence-corrected chi connectivity index (χ3v) is 5.65. The van der Waals surface area contributed by atoms with Crippen molar-refractivity contribution < 1.29 is 14.0 Å². The summed E-state index contributed by atoms with van der Waals surface area (Å²) < 4.78 is 16.1. The van der Waals surface area contributed by atoms with Crippen molar-refractivity contribution in [3.63, 3.8) is 0 Å². The highest BCUT2D eigenvalue weighted by atomic mass is 19.1. The molecule has 155 valence electrons. The van der Waals surface area contributed by atoms with Crippen molar-refractivity contribution in [1.82, 2.24) is 4.57 Å². The van der Waals surface area contributed by atoms with Crippen LogP contribution in [0.4, 0.5) is 4.39 Å². The predicted molar refractivity (Wildman–Crippen MR) is 122 cm³/mol. The number of hydrogen-bond donors (Lipinski definition) is 1. The molecule has 0 saturated heterocycles. The molecule has 4 nitrogen and oxygen atoms in total. The van der Waals surface area contributed by atoms with Crippen LogP contribution in [0, 0.1) is 11.9 Å². The number of ketones is 1. The molecule has 0 unspecified atom stereocenters. The molecule has 2 N–H and O–H groups in total. The monoisotopic (exact) mass is 421 g/mol. The van der Waals surface area contributed by atoms with Gasteiger partial charge in [0.1, 0.15) is 5.82 Å². The second-order valence-corrected chi connectivity index (χ2v) is 7.58. The molecule has 5 rings (SSSR count). The SMILES string of the molecule is NC(=O)c1cccc2c1c1[c]cc(F)cc1n2Cc1ccccc1C(=O)c1ccccc1. The summed E-state index contributed by atoms with van der Waals surface area (Å²) in [5.74, 6) is -1.08. The zero-order chi connectivity index (χ0) is 22.2. The molecule has 1 radical (unpaired) electrons. The largest absolute Gasteiger partial charge is 0.366 e. The Labute approximate surface area is 183 Å². The molecule has 1 amide bonds. The van der Waals surface area contributed by atoms with Crippen LogP contribution >= 0.6 is 0 Å². The topological polar surface area (TPSA) is 65.1 Å². The van der Waals surface area contributed by atoms with E-state index in [0.717, 1.165) is 11.1 Å². The smallest absolute Gasteiger partial charge is 0.249 e. The lowest BCUT2D eigenvalue weighted by Gasteiger charge is -2.12. The minimum absolute atomic E-state index is 0.0856. The van der Waals surface area contributed by atoms with E-state index >= 15 is 0 Å². The van der Waals surface area contributed by atoms with Crippen LogP contribution in [0.1, 0.15) is 31.8 Å². The molecule has 0 aliphatic carbocycles. The number of amides is 1. The fraction of sp³-hybridized carbons (Fsp3) is 0.0370. The first-order chi connectivity index (χ1) is 15.5. The zero-order valence-electron chi connectivity index (χ0n) is 17.0. The van der Waals surface area contributed by atoms with Gasteiger partial charge in [-0.05, 0) is 35.9 Å². The van der Waals surface area contributed by atoms with Crippen LogP contribution in [0.5, 0.6) is 0 Å². The summed E-state index contributed by atoms with van der Waals surface area (Å²) in [5, 5.41) is 1.24. The summed E-state index contributed by atoms with van der Waals surface area (Å²) in [5.41, 5.74) is 9.21. The molecule has 0 aliphatic rings. The van der Waals surface area contributed by atoms with Gasteiger partial charge in [0.25, 0.3) is 0 Å². The number of halogens is 1. The van der Waals surface area contributed by atoms with Crippen molar-refractivity contribution in [2.75, 3.05) is 0 Å². The van der Waals surface area contributed by atoms with E-state index < -0.39 is 11.7 Å². The minimum Gasteiger partial charge on any atom is -0.366 e. The predicted octanol–water partition coefficient (Wildman–Crippen LogP) is 5.11. The molecular formula is C27H18FN2O2. The molecule has 0 saturated carbocycles. The van der Waals surface area contributed by atoms with E-state index in [9.17, 15) is 14.0 Å². The van der Waals surface area contributed by atoms with Crippen LogP contribution in [-0.2, 0) is 6.54 Å². The lowest BCUT2D eigenvalue weighted by Crippen LogP contribution is -2.11. The third-order valence-electron chi connectivity index (χ3n) is 5.65. The molecule has 0 atom stereocenters. The molecule has 5 heteroatoms. The molecule has 4 aromatic carbocycles. The van der Waals surface area contributed by atoms with E-state index in [2.05, 4.69) is 6.07 Å². The molecule has 5 aromatic rings. The molecule has 0 spiro atoms. The van der Waals surface area contributed by atoms with E-state index in [4.69, 9.17) is 5.73 Å². The molecule has 0 bridgehead atoms. The summed E-state index contributed by atoms with van der Waals surface area (Å²) in [6.07, 6.45) is 0. The molecule has 32 heavy (non-hydrogen) atoms. The van der Waals surface area contributed by atoms with Gasteiger partial charge < -0.3 is 10.3 Å². The Morgan fingerprint density at radius 2 is 1.59 bits per heavy atom. The van der Waals surface area contributed by atoms with Crippen molar-refractivity contribution >= 4 is 33.5 Å². The quantitative estimate of drug-likeness (QED) is 0.401. The summed E-state index contributed by atoms with van der Waals surface area (Å²) in [7, 11) is 0. The lowest BCUT2D eigenvalue weighted by atomic mass is 9.98. The van der Waals surface area contributed by atoms with Gasteiger partial charge in [0.15, 0.2) is 5.78 Å². The first-order valence-electron chi connectivity index (χ1n) is 10.1. The average molecular weight is 421 g/mol. The maximum absolute atomic E-state index is 14.2. The average Bonchev–Trinajstić information content (AvgIpc) is 3.12. The Kier molecular flexibility index (Phi) is 4.79. The number of primary amides is 1. The Balaban J connectivity index is 1.72. The zero-order valence-corrected chi connectivity index (χ0v) is 17.0. The van der Waals surface area contributed by atoms with Crippen LogP contribution in [0.25, 0.3) is 21.8 Å². The normalized spacial score (nSPS) is 11.2. The van der Waals surface area contributed by atoms with Crippen LogP contribution < -0.4 is 5.73 Å². The standard InChI is InChI=1S/C27H18FN2O2/c28-19-13-14-21-24(15-19)30(23-12-6-11-22(25(21)23)27(29)32)16-18-9-4-5-10-20(18)26(31)17-7-2-1-3-8-17/h1-13,15H,16H2,(H2,29,32). The van der Waals surface area contributed by atoms with Gasteiger partial charge in [0, 0.05) is 34.0 Å². The first kappa shape index (κ1) is 19.7. The second-order valence-electron chi connectivity index (χ2n) is 7.58. The van der Waals surface area contributed by atoms with Crippen molar-refractivity contribution in [3.8, 4) is 0 Å². The molecule has 1 heterocycles. The Hall–Kier alpha value is -4.25. The number of benzene rings is 4. The highest BCUT2D eigenvalue weighted by molar-refractivity contribution is 6.17. The highest BCUT2D eigenvalue weighted by Crippen LogP contribution is 2.33. The number of fused-ring (bicyclic) bond motifs is 3. The fourth-order valence-corrected chi connectivity index (χ4v) is 4.20. The molecule has 0 aliphatic heterocycles. The van der Waals surface area contributed by atoms with Crippen LogP contribution in [0.2, 0.25) is 0 Å². The van der Waals surface area contributed by atoms with Gasteiger partial charge in [-0.1, -0.05) is 60.7 Å². The van der Waals surface area contributed by atoms with E-state index in [0.29, 0.717) is 39.5 Å². The van der Waals surface area contributed by atoms with Gasteiger partial charge in [0.05, 0.1) is 11.0 Å². The van der Waals surface area contributed by atoms with E-state index in [1.54, 1.807) is 30.3 Å². The van der Waals surface area contributed by atoms with Crippen molar-refractivity contribution in [1.29, 1.82) is 0 Å². The fourth-order valence-electron chi connectivity index (χ4n) is 4.20. The van der Waals surface area contributed by atoms with Crippen molar-refractivity contribution in [2.45, 2.75) is 6.54 Å². The third kappa shape index (κ3) is 3.24. The number of carbonyl (C=O) groups excluding carboxylic acids is 2. The molecule has 1 aromatic heterocycles. The maximum atomic E-state index is 14.2. The van der Waals surface area contributed by atoms with Gasteiger partial charge in [-0.25, -0.2) is 4.39 Å². The summed E-state index contributed by atoms with van der Waals surface area (Å²) >= 11 is 0. The number of nitrogens with zero attached hydrogens (tertiary/aromatic N) is 1. The van der Waals surface area contributed by atoms with Crippen LogP contribution in [-0.4, -0.2) is 16.3 Å². The van der Waals surface area contributed by atoms with Gasteiger partial charge in [-0.3, -0.25) is 9.59 Å². The lowest BCUT2D eigenvalue weighted by molar-refractivity contribution is 0.1000. The maximum Gasteiger partial charge on any atom is 0.249 e. The van der Waals surface area contributed by atoms with Gasteiger partial charge in [-0.2, -0.15) is 0 Å². The Morgan fingerprint density at radius 3 is 2.38 bits per heavy atom. The van der Waals surface area contributed by atoms with Gasteiger partial charge in [0.2, 0.25) is 5.91 Å². The molecular weight excluding hydrogens is 403 g/mol. The van der Waals surface area contributed by atoms with Crippen LogP contribution in [0.15, 0.2) is 84.9 Å². The van der Waals surface area contributed by atoms with E-state index in [1.165, 1.54) is 12.1 Å². The number of aromatic nitrogens is 1. The number of carbonyl (C=O) groups is 2. The molecule has 0 fully saturated rings. The van der Waals surface area contributed by atoms with E-state index in [1.807, 2.05) is 47.0 Å². The number of nitrogens with two attached hydrogens (primary N) is 1. The summed E-state index contributed by atoms with van der Waals surface area (Å²) in [4.78, 5) is 25.3. The Morgan fingerprint density at radius 1 is 0.875 bits per heavy atom. The van der Waals surface area contributed by atoms with Gasteiger partial charge in [-0.15, -0.1) is 0 Å². The number of hydrogen-bond acceptors (Lipinski definition) is 2. The first-order valence-corrected chi connectivity index (χ1v) is 10.1. The van der Waals surface area contributed by atoms with Crippen LogP contribution in [0.3, 0.4) is 0 Å². The number of rotatable bonds is 5. The van der Waals surface area contributed by atoms with E-state index in [-0.39, 0.29) is 5.78 Å². The minimum atomic E-state index is -0.563. The van der Waals surface area contributed by atoms with Crippen molar-refractivity contribution in [3.05, 3.63) is 119 Å². The second kappa shape index (κ2) is 7.78. The highest BCUT2D eigenvalue weighted by Gasteiger charge is 2.19. The van der Waals surface area contributed by atoms with Crippen molar-refractivity contribution in [2.24, 2.45) is 5.73 Å². The Bertz CT molecular complexity index is 1500.